The van der Waals surface area contributed by atoms with Crippen molar-refractivity contribution in [3.05, 3.63) is 42.0 Å². The lowest BCUT2D eigenvalue weighted by Crippen LogP contribution is -2.23. The number of carbonyl (C=O) groups is 2. The maximum absolute atomic E-state index is 11.7. The maximum Gasteiger partial charge on any atom is 0.331 e. The molecule has 0 unspecified atom stereocenters. The van der Waals surface area contributed by atoms with Gasteiger partial charge in [-0.05, 0) is 18.6 Å². The van der Waals surface area contributed by atoms with Gasteiger partial charge in [-0.25, -0.2) is 0 Å². The summed E-state index contributed by atoms with van der Waals surface area (Å²) in [4.78, 5) is 23.0. The van der Waals surface area contributed by atoms with E-state index in [2.05, 4.69) is 4.74 Å². The van der Waals surface area contributed by atoms with Crippen LogP contribution in [0, 0.1) is 17.2 Å². The largest absolute Gasteiger partial charge is 0.465 e. The number of hydrogen-bond donors (Lipinski definition) is 0. The molecular formula is C14H13NO3. The molecule has 0 aliphatic carbocycles. The van der Waals surface area contributed by atoms with Crippen molar-refractivity contribution in [2.45, 2.75) is 6.92 Å². The Kier molecular flexibility index (Phi) is 5.33. The lowest BCUT2D eigenvalue weighted by molar-refractivity contribution is -0.148. The molecule has 0 bridgehead atoms. The Morgan fingerprint density at radius 3 is 2.61 bits per heavy atom. The van der Waals surface area contributed by atoms with Gasteiger partial charge in [0, 0.05) is 0 Å². The number of ketones is 1. The SMILES string of the molecule is CCOC(=O)[C@H](C#N)C(=O)/C=C/c1ccccc1. The molecule has 1 aromatic carbocycles. The molecule has 0 radical (unpaired) electrons. The minimum Gasteiger partial charge on any atom is -0.465 e. The normalized spacial score (nSPS) is 11.8. The highest BCUT2D eigenvalue weighted by Gasteiger charge is 2.25. The van der Waals surface area contributed by atoms with Gasteiger partial charge in [0.1, 0.15) is 0 Å². The Balaban J connectivity index is 2.72. The first kappa shape index (κ1) is 13.7. The van der Waals surface area contributed by atoms with Crippen LogP contribution in [0.15, 0.2) is 36.4 Å². The number of carbonyl (C=O) groups excluding carboxylic acids is 2. The first-order valence-corrected chi connectivity index (χ1v) is 5.52. The van der Waals surface area contributed by atoms with Crippen LogP contribution in [0.5, 0.6) is 0 Å². The van der Waals surface area contributed by atoms with Crippen LogP contribution >= 0.6 is 0 Å². The van der Waals surface area contributed by atoms with Gasteiger partial charge < -0.3 is 4.74 Å². The first-order chi connectivity index (χ1) is 8.69. The van der Waals surface area contributed by atoms with Gasteiger partial charge in [0.2, 0.25) is 5.92 Å². The average molecular weight is 243 g/mol. The van der Waals surface area contributed by atoms with Crippen molar-refractivity contribution in [2.24, 2.45) is 5.92 Å². The van der Waals surface area contributed by atoms with E-state index >= 15 is 0 Å². The molecule has 0 aliphatic rings. The fourth-order valence-corrected chi connectivity index (χ4v) is 1.30. The summed E-state index contributed by atoms with van der Waals surface area (Å²) in [5.74, 6) is -2.76. The van der Waals surface area contributed by atoms with Gasteiger partial charge in [-0.3, -0.25) is 9.59 Å². The number of rotatable bonds is 5. The molecule has 0 saturated heterocycles. The fourth-order valence-electron chi connectivity index (χ4n) is 1.30. The highest BCUT2D eigenvalue weighted by molar-refractivity contribution is 6.08. The fraction of sp³-hybridized carbons (Fsp3) is 0.214. The number of nitriles is 1. The molecular weight excluding hydrogens is 230 g/mol. The lowest BCUT2D eigenvalue weighted by atomic mass is 10.0. The third-order valence-electron chi connectivity index (χ3n) is 2.18. The Morgan fingerprint density at radius 1 is 1.39 bits per heavy atom. The summed E-state index contributed by atoms with van der Waals surface area (Å²) in [7, 11) is 0. The zero-order valence-electron chi connectivity index (χ0n) is 10.00. The number of benzene rings is 1. The second-order valence-electron chi connectivity index (χ2n) is 3.46. The summed E-state index contributed by atoms with van der Waals surface area (Å²) in [6.07, 6.45) is 2.78. The van der Waals surface area contributed by atoms with E-state index in [1.807, 2.05) is 30.3 Å². The summed E-state index contributed by atoms with van der Waals surface area (Å²) < 4.78 is 4.65. The van der Waals surface area contributed by atoms with Crippen molar-refractivity contribution in [1.82, 2.24) is 0 Å². The van der Waals surface area contributed by atoms with Crippen LogP contribution < -0.4 is 0 Å². The second kappa shape index (κ2) is 7.02. The number of nitrogens with zero attached hydrogens (tertiary/aromatic N) is 1. The van der Waals surface area contributed by atoms with E-state index < -0.39 is 17.7 Å². The molecule has 0 aliphatic heterocycles. The molecule has 0 saturated carbocycles. The predicted octanol–water partition coefficient (Wildman–Crippen LogP) is 1.97. The van der Waals surface area contributed by atoms with Crippen molar-refractivity contribution in [2.75, 3.05) is 6.61 Å². The summed E-state index contributed by atoms with van der Waals surface area (Å²) >= 11 is 0. The number of esters is 1. The number of ether oxygens (including phenoxy) is 1. The molecule has 92 valence electrons. The summed E-state index contributed by atoms with van der Waals surface area (Å²) in [5, 5.41) is 8.79. The van der Waals surface area contributed by atoms with Gasteiger partial charge in [0.05, 0.1) is 12.7 Å². The van der Waals surface area contributed by atoms with Gasteiger partial charge in [0.15, 0.2) is 5.78 Å². The van der Waals surface area contributed by atoms with Gasteiger partial charge in [-0.2, -0.15) is 5.26 Å². The number of hydrogen-bond acceptors (Lipinski definition) is 4. The highest BCUT2D eigenvalue weighted by Crippen LogP contribution is 2.06. The Hall–Kier alpha value is -2.41. The molecule has 0 N–H and O–H groups in total. The van der Waals surface area contributed by atoms with Crippen molar-refractivity contribution in [3.8, 4) is 6.07 Å². The van der Waals surface area contributed by atoms with E-state index in [0.29, 0.717) is 0 Å². The minimum absolute atomic E-state index is 0.146. The molecule has 1 rings (SSSR count). The predicted molar refractivity (Wildman–Crippen MR) is 66.2 cm³/mol. The maximum atomic E-state index is 11.7. The zero-order valence-corrected chi connectivity index (χ0v) is 10.00. The molecule has 0 aromatic heterocycles. The Morgan fingerprint density at radius 2 is 2.06 bits per heavy atom. The van der Waals surface area contributed by atoms with E-state index in [4.69, 9.17) is 5.26 Å². The average Bonchev–Trinajstić information content (AvgIpc) is 2.39. The van der Waals surface area contributed by atoms with Gasteiger partial charge in [0.25, 0.3) is 0 Å². The van der Waals surface area contributed by atoms with E-state index in [9.17, 15) is 9.59 Å². The molecule has 4 nitrogen and oxygen atoms in total. The summed E-state index contributed by atoms with van der Waals surface area (Å²) in [6.45, 7) is 1.77. The van der Waals surface area contributed by atoms with Gasteiger partial charge in [-0.15, -0.1) is 0 Å². The smallest absolute Gasteiger partial charge is 0.331 e. The Labute approximate surface area is 105 Å². The molecule has 4 heteroatoms. The van der Waals surface area contributed by atoms with Crippen LogP contribution in [0.2, 0.25) is 0 Å². The first-order valence-electron chi connectivity index (χ1n) is 5.52. The van der Waals surface area contributed by atoms with Gasteiger partial charge in [-0.1, -0.05) is 36.4 Å². The third-order valence-corrected chi connectivity index (χ3v) is 2.18. The quantitative estimate of drug-likeness (QED) is 0.450. The van der Waals surface area contributed by atoms with Crippen LogP contribution in [-0.2, 0) is 14.3 Å². The monoisotopic (exact) mass is 243 g/mol. The molecule has 1 atom stereocenters. The molecule has 18 heavy (non-hydrogen) atoms. The van der Waals surface area contributed by atoms with E-state index in [1.54, 1.807) is 19.1 Å². The molecule has 1 aromatic rings. The third kappa shape index (κ3) is 3.87. The standard InChI is InChI=1S/C14H13NO3/c1-2-18-14(17)12(10-15)13(16)9-8-11-6-4-3-5-7-11/h3-9,12H,2H2,1H3/b9-8+/t12-/m1/s1. The van der Waals surface area contributed by atoms with E-state index in [1.165, 1.54) is 6.08 Å². The molecule has 0 spiro atoms. The van der Waals surface area contributed by atoms with Crippen LogP contribution in [0.25, 0.3) is 6.08 Å². The number of allylic oxidation sites excluding steroid dienone is 1. The van der Waals surface area contributed by atoms with Gasteiger partial charge >= 0.3 is 5.97 Å². The van der Waals surface area contributed by atoms with Crippen LogP contribution in [-0.4, -0.2) is 18.4 Å². The second-order valence-corrected chi connectivity index (χ2v) is 3.46. The molecule has 0 amide bonds. The van der Waals surface area contributed by atoms with Crippen LogP contribution in [0.3, 0.4) is 0 Å². The van der Waals surface area contributed by atoms with Crippen molar-refractivity contribution < 1.29 is 14.3 Å². The summed E-state index contributed by atoms with van der Waals surface area (Å²) in [5.41, 5.74) is 0.825. The van der Waals surface area contributed by atoms with Crippen LogP contribution in [0.4, 0.5) is 0 Å². The topological polar surface area (TPSA) is 67.2 Å². The van der Waals surface area contributed by atoms with Crippen molar-refractivity contribution >= 4 is 17.8 Å². The zero-order chi connectivity index (χ0) is 13.4. The van der Waals surface area contributed by atoms with Crippen LogP contribution in [0.1, 0.15) is 12.5 Å². The van der Waals surface area contributed by atoms with E-state index in [-0.39, 0.29) is 6.61 Å². The lowest BCUT2D eigenvalue weighted by Gasteiger charge is -2.04. The summed E-state index contributed by atoms with van der Waals surface area (Å²) in [6, 6.07) is 10.8. The molecule has 0 heterocycles. The van der Waals surface area contributed by atoms with Crippen molar-refractivity contribution in [1.29, 1.82) is 5.26 Å². The van der Waals surface area contributed by atoms with E-state index in [0.717, 1.165) is 5.56 Å². The van der Waals surface area contributed by atoms with Crippen molar-refractivity contribution in [3.63, 3.8) is 0 Å². The minimum atomic E-state index is -1.38. The highest BCUT2D eigenvalue weighted by atomic mass is 16.5. The Bertz CT molecular complexity index is 486. The molecule has 0 fully saturated rings.